The van der Waals surface area contributed by atoms with Gasteiger partial charge in [-0.15, -0.1) is 0 Å². The molecule has 0 fully saturated rings. The number of ketones is 1. The number of benzene rings is 1. The number of Topliss-reactive ketones (excluding diaryl/α,β-unsaturated/α-hetero) is 1. The summed E-state index contributed by atoms with van der Waals surface area (Å²) < 4.78 is 63.9. The Labute approximate surface area is 117 Å². The van der Waals surface area contributed by atoms with E-state index in [1.54, 1.807) is 0 Å². The van der Waals surface area contributed by atoms with Crippen LogP contribution in [-0.2, 0) is 4.74 Å². The van der Waals surface area contributed by atoms with Gasteiger partial charge in [-0.2, -0.15) is 8.78 Å². The van der Waals surface area contributed by atoms with Crippen molar-refractivity contribution in [3.63, 3.8) is 0 Å². The minimum absolute atomic E-state index is 0.166. The van der Waals surface area contributed by atoms with Crippen LogP contribution in [0.25, 0.3) is 0 Å². The lowest BCUT2D eigenvalue weighted by atomic mass is 10.1. The van der Waals surface area contributed by atoms with Crippen molar-refractivity contribution in [3.05, 3.63) is 23.8 Å². The summed E-state index contributed by atoms with van der Waals surface area (Å²) in [6.45, 7) is -1.50. The van der Waals surface area contributed by atoms with E-state index in [4.69, 9.17) is 9.47 Å². The molecule has 8 heteroatoms. The molecule has 0 unspecified atom stereocenters. The van der Waals surface area contributed by atoms with Crippen LogP contribution in [0.4, 0.5) is 17.6 Å². The van der Waals surface area contributed by atoms with E-state index in [9.17, 15) is 22.4 Å². The quantitative estimate of drug-likeness (QED) is 0.598. The van der Waals surface area contributed by atoms with Crippen LogP contribution in [0, 0.1) is 0 Å². The SMILES string of the molecule is O=C(COCC(F)(F)C(F)F)c1ccc2c(c1)OCCO2. The molecule has 0 N–H and O–H groups in total. The van der Waals surface area contributed by atoms with Crippen LogP contribution in [0.15, 0.2) is 18.2 Å². The Bertz CT molecular complexity index is 519. The highest BCUT2D eigenvalue weighted by Crippen LogP contribution is 2.31. The Morgan fingerprint density at radius 3 is 2.57 bits per heavy atom. The minimum Gasteiger partial charge on any atom is -0.486 e. The maximum absolute atomic E-state index is 12.6. The molecule has 0 spiro atoms. The van der Waals surface area contributed by atoms with Crippen LogP contribution < -0.4 is 9.47 Å². The molecule has 1 heterocycles. The Morgan fingerprint density at radius 2 is 1.90 bits per heavy atom. The van der Waals surface area contributed by atoms with Crippen molar-refractivity contribution >= 4 is 5.78 Å². The van der Waals surface area contributed by atoms with Crippen LogP contribution in [-0.4, -0.2) is 44.6 Å². The van der Waals surface area contributed by atoms with E-state index in [0.29, 0.717) is 24.7 Å². The highest BCUT2D eigenvalue weighted by molar-refractivity contribution is 5.97. The lowest BCUT2D eigenvalue weighted by molar-refractivity contribution is -0.163. The molecule has 0 amide bonds. The molecule has 0 bridgehead atoms. The van der Waals surface area contributed by atoms with Crippen molar-refractivity contribution in [1.82, 2.24) is 0 Å². The summed E-state index contributed by atoms with van der Waals surface area (Å²) in [5, 5.41) is 0. The van der Waals surface area contributed by atoms with Gasteiger partial charge in [0.25, 0.3) is 0 Å². The van der Waals surface area contributed by atoms with Crippen molar-refractivity contribution < 1.29 is 36.6 Å². The number of fused-ring (bicyclic) bond motifs is 1. The van der Waals surface area contributed by atoms with Crippen LogP contribution in [0.1, 0.15) is 10.4 Å². The number of carbonyl (C=O) groups excluding carboxylic acids is 1. The Balaban J connectivity index is 1.92. The van der Waals surface area contributed by atoms with Gasteiger partial charge in [0.15, 0.2) is 17.3 Å². The molecule has 4 nitrogen and oxygen atoms in total. The summed E-state index contributed by atoms with van der Waals surface area (Å²) >= 11 is 0. The Morgan fingerprint density at radius 1 is 1.24 bits per heavy atom. The summed E-state index contributed by atoms with van der Waals surface area (Å²) in [4.78, 5) is 11.7. The van der Waals surface area contributed by atoms with Gasteiger partial charge in [-0.1, -0.05) is 0 Å². The minimum atomic E-state index is -4.27. The van der Waals surface area contributed by atoms with Gasteiger partial charge in [-0.05, 0) is 18.2 Å². The molecule has 1 aromatic rings. The van der Waals surface area contributed by atoms with E-state index in [-0.39, 0.29) is 5.56 Å². The van der Waals surface area contributed by atoms with Crippen LogP contribution in [0.5, 0.6) is 11.5 Å². The Hall–Kier alpha value is -1.83. The zero-order valence-corrected chi connectivity index (χ0v) is 10.8. The largest absolute Gasteiger partial charge is 0.486 e. The zero-order valence-electron chi connectivity index (χ0n) is 10.8. The molecule has 1 aromatic carbocycles. The fourth-order valence-corrected chi connectivity index (χ4v) is 1.64. The molecule has 116 valence electrons. The molecule has 0 saturated heterocycles. The van der Waals surface area contributed by atoms with Gasteiger partial charge in [0.2, 0.25) is 0 Å². The molecule has 0 radical (unpaired) electrons. The number of hydrogen-bond donors (Lipinski definition) is 0. The molecule has 0 atom stereocenters. The van der Waals surface area contributed by atoms with Gasteiger partial charge in [0, 0.05) is 5.56 Å². The lowest BCUT2D eigenvalue weighted by Gasteiger charge is -2.18. The summed E-state index contributed by atoms with van der Waals surface area (Å²) in [5.74, 6) is -4.04. The van der Waals surface area contributed by atoms with Crippen LogP contribution in [0.2, 0.25) is 0 Å². The first-order chi connectivity index (χ1) is 9.90. The average Bonchev–Trinajstić information content (AvgIpc) is 2.46. The number of carbonyl (C=O) groups is 1. The standard InChI is InChI=1S/C13H12F4O4/c14-12(15)13(16,17)7-19-6-9(18)8-1-2-10-11(5-8)21-4-3-20-10/h1-2,5,12H,3-4,6-7H2. The second kappa shape index (κ2) is 6.30. The maximum atomic E-state index is 12.6. The lowest BCUT2D eigenvalue weighted by Crippen LogP contribution is -2.33. The smallest absolute Gasteiger partial charge is 0.330 e. The van der Waals surface area contributed by atoms with Gasteiger partial charge in [0.1, 0.15) is 26.4 Å². The summed E-state index contributed by atoms with van der Waals surface area (Å²) in [6, 6.07) is 4.32. The zero-order chi connectivity index (χ0) is 15.5. The van der Waals surface area contributed by atoms with Crippen molar-refractivity contribution in [3.8, 4) is 11.5 Å². The molecule has 1 aliphatic rings. The first-order valence-electron chi connectivity index (χ1n) is 6.07. The fraction of sp³-hybridized carbons (Fsp3) is 0.462. The predicted molar refractivity (Wildman–Crippen MR) is 63.5 cm³/mol. The van der Waals surface area contributed by atoms with Gasteiger partial charge < -0.3 is 14.2 Å². The maximum Gasteiger partial charge on any atom is 0.330 e. The molecule has 0 aliphatic carbocycles. The van der Waals surface area contributed by atoms with E-state index >= 15 is 0 Å². The molecular formula is C13H12F4O4. The summed E-state index contributed by atoms with van der Waals surface area (Å²) in [5.41, 5.74) is 0.166. The number of ether oxygens (including phenoxy) is 3. The first-order valence-corrected chi connectivity index (χ1v) is 6.07. The Kier molecular flexibility index (Phi) is 4.66. The van der Waals surface area contributed by atoms with Crippen molar-refractivity contribution in [1.29, 1.82) is 0 Å². The highest BCUT2D eigenvalue weighted by Gasteiger charge is 2.41. The third-order valence-electron chi connectivity index (χ3n) is 2.71. The second-order valence-electron chi connectivity index (χ2n) is 4.34. The van der Waals surface area contributed by atoms with Gasteiger partial charge in [0.05, 0.1) is 0 Å². The third kappa shape index (κ3) is 3.84. The van der Waals surface area contributed by atoms with Gasteiger partial charge in [-0.25, -0.2) is 8.78 Å². The third-order valence-corrected chi connectivity index (χ3v) is 2.71. The molecular weight excluding hydrogens is 296 g/mol. The van der Waals surface area contributed by atoms with E-state index < -0.39 is 31.3 Å². The van der Waals surface area contributed by atoms with Gasteiger partial charge >= 0.3 is 12.3 Å². The summed E-state index contributed by atoms with van der Waals surface area (Å²) in [7, 11) is 0. The normalized spacial score (nSPS) is 14.3. The van der Waals surface area contributed by atoms with E-state index in [1.165, 1.54) is 18.2 Å². The van der Waals surface area contributed by atoms with Crippen molar-refractivity contribution in [2.45, 2.75) is 12.3 Å². The van der Waals surface area contributed by atoms with E-state index in [2.05, 4.69) is 4.74 Å². The van der Waals surface area contributed by atoms with Crippen molar-refractivity contribution in [2.75, 3.05) is 26.4 Å². The fourth-order valence-electron chi connectivity index (χ4n) is 1.64. The molecule has 1 aliphatic heterocycles. The predicted octanol–water partition coefficient (Wildman–Crippen LogP) is 2.56. The summed E-state index contributed by atoms with van der Waals surface area (Å²) in [6.07, 6.45) is -3.83. The number of rotatable bonds is 6. The monoisotopic (exact) mass is 308 g/mol. The number of alkyl halides is 4. The molecule has 2 rings (SSSR count). The highest BCUT2D eigenvalue weighted by atomic mass is 19.3. The molecule has 21 heavy (non-hydrogen) atoms. The van der Waals surface area contributed by atoms with Crippen LogP contribution in [0.3, 0.4) is 0 Å². The number of hydrogen-bond acceptors (Lipinski definition) is 4. The van der Waals surface area contributed by atoms with E-state index in [1.807, 2.05) is 0 Å². The molecule has 0 saturated carbocycles. The topological polar surface area (TPSA) is 44.8 Å². The number of halogens is 4. The van der Waals surface area contributed by atoms with Crippen molar-refractivity contribution in [2.24, 2.45) is 0 Å². The van der Waals surface area contributed by atoms with Crippen LogP contribution >= 0.6 is 0 Å². The van der Waals surface area contributed by atoms with E-state index in [0.717, 1.165) is 0 Å². The first kappa shape index (κ1) is 15.6. The second-order valence-corrected chi connectivity index (χ2v) is 4.34. The molecule has 0 aromatic heterocycles. The van der Waals surface area contributed by atoms with Gasteiger partial charge in [-0.3, -0.25) is 4.79 Å². The average molecular weight is 308 g/mol.